The van der Waals surface area contributed by atoms with Crippen molar-refractivity contribution in [2.45, 2.75) is 32.4 Å². The fourth-order valence-corrected chi connectivity index (χ4v) is 6.34. The molecule has 10 nitrogen and oxygen atoms in total. The molecule has 0 saturated carbocycles. The second-order valence-electron chi connectivity index (χ2n) is 11.6. The zero-order valence-corrected chi connectivity index (χ0v) is 24.7. The number of fused-ring (bicyclic) bond motifs is 2. The van der Waals surface area contributed by atoms with Crippen molar-refractivity contribution < 1.29 is 23.9 Å². The number of hydrogen-bond donors (Lipinski definition) is 1. The summed E-state index contributed by atoms with van der Waals surface area (Å²) in [6.07, 6.45) is 1.55. The molecular formula is C34H33N5O5. The summed E-state index contributed by atoms with van der Waals surface area (Å²) in [5, 5.41) is 7.57. The van der Waals surface area contributed by atoms with E-state index in [0.717, 1.165) is 35.4 Å². The average Bonchev–Trinajstić information content (AvgIpc) is 3.80. The quantitative estimate of drug-likeness (QED) is 0.300. The van der Waals surface area contributed by atoms with Gasteiger partial charge in [-0.1, -0.05) is 42.5 Å². The Kier molecular flexibility index (Phi) is 7.04. The van der Waals surface area contributed by atoms with Gasteiger partial charge in [0, 0.05) is 25.7 Å². The second-order valence-corrected chi connectivity index (χ2v) is 11.6. The van der Waals surface area contributed by atoms with Crippen molar-refractivity contribution in [3.63, 3.8) is 0 Å². The van der Waals surface area contributed by atoms with Gasteiger partial charge in [0.1, 0.15) is 0 Å². The zero-order valence-electron chi connectivity index (χ0n) is 24.7. The number of rotatable bonds is 7. The molecule has 0 radical (unpaired) electrons. The Bertz CT molecular complexity index is 1750. The molecule has 0 aliphatic carbocycles. The van der Waals surface area contributed by atoms with Crippen molar-refractivity contribution in [3.05, 3.63) is 95.2 Å². The number of nitrogens with zero attached hydrogens (tertiary/aromatic N) is 4. The van der Waals surface area contributed by atoms with Crippen LogP contribution in [0.3, 0.4) is 0 Å². The third-order valence-corrected chi connectivity index (χ3v) is 8.91. The van der Waals surface area contributed by atoms with Gasteiger partial charge in [0.05, 0.1) is 46.7 Å². The fourth-order valence-electron chi connectivity index (χ4n) is 6.34. The highest BCUT2D eigenvalue weighted by atomic mass is 16.7. The lowest BCUT2D eigenvalue weighted by atomic mass is 9.94. The molecule has 0 bridgehead atoms. The Hall–Kier alpha value is -5.12. The molecule has 0 unspecified atom stereocenters. The molecule has 3 aliphatic rings. The average molecular weight is 592 g/mol. The third kappa shape index (κ3) is 4.86. The maximum absolute atomic E-state index is 13.8. The number of aromatic nitrogens is 2. The Labute approximate surface area is 255 Å². The van der Waals surface area contributed by atoms with Crippen molar-refractivity contribution in [1.82, 2.24) is 20.0 Å². The predicted molar refractivity (Wildman–Crippen MR) is 163 cm³/mol. The van der Waals surface area contributed by atoms with Gasteiger partial charge in [0.15, 0.2) is 11.5 Å². The lowest BCUT2D eigenvalue weighted by Crippen LogP contribution is -2.44. The SMILES string of the molecule is C[C@H](c1cc(-c2ccccc2)n[nH]1)N(C)C(=O)[C@@H]1CCCN(c2cccc3c2C(=O)N(Cc2ccc4c(c2)OCO4)C3=O)C1. The van der Waals surface area contributed by atoms with E-state index in [1.54, 1.807) is 23.1 Å². The molecule has 224 valence electrons. The second kappa shape index (κ2) is 11.2. The summed E-state index contributed by atoms with van der Waals surface area (Å²) < 4.78 is 10.9. The first-order valence-electron chi connectivity index (χ1n) is 14.9. The summed E-state index contributed by atoms with van der Waals surface area (Å²) in [5.41, 5.74) is 4.97. The van der Waals surface area contributed by atoms with Gasteiger partial charge in [-0.2, -0.15) is 5.10 Å². The van der Waals surface area contributed by atoms with Crippen LogP contribution in [0.4, 0.5) is 5.69 Å². The molecule has 1 aromatic heterocycles. The van der Waals surface area contributed by atoms with Crippen LogP contribution >= 0.6 is 0 Å². The number of nitrogens with one attached hydrogen (secondary N) is 1. The number of ether oxygens (including phenoxy) is 2. The summed E-state index contributed by atoms with van der Waals surface area (Å²) in [5.74, 6) is 0.391. The summed E-state index contributed by atoms with van der Waals surface area (Å²) in [7, 11) is 1.82. The standard InChI is InChI=1S/C34H33N5O5/c1-21(26-17-27(36-35-26)23-8-4-3-5-9-23)37(2)32(40)24-10-7-15-38(19-24)28-12-6-11-25-31(28)34(42)39(33(25)41)18-22-13-14-29-30(16-22)44-20-43-29/h3-6,8-9,11-14,16-17,21,24H,7,10,15,18-20H2,1-2H3,(H,35,36)/t21-,24-/m1/s1. The lowest BCUT2D eigenvalue weighted by Gasteiger charge is -2.37. The van der Waals surface area contributed by atoms with Gasteiger partial charge in [-0.05, 0) is 55.7 Å². The maximum Gasteiger partial charge on any atom is 0.263 e. The predicted octanol–water partition coefficient (Wildman–Crippen LogP) is 5.04. The number of aromatic amines is 1. The van der Waals surface area contributed by atoms with E-state index >= 15 is 0 Å². The molecule has 3 aromatic carbocycles. The number of piperidine rings is 1. The van der Waals surface area contributed by atoms with Crippen LogP contribution in [0.15, 0.2) is 72.8 Å². The zero-order chi connectivity index (χ0) is 30.4. The van der Waals surface area contributed by atoms with Gasteiger partial charge in [-0.3, -0.25) is 24.4 Å². The molecule has 1 N–H and O–H groups in total. The van der Waals surface area contributed by atoms with Crippen molar-refractivity contribution in [2.75, 3.05) is 31.8 Å². The first-order valence-corrected chi connectivity index (χ1v) is 14.9. The molecule has 44 heavy (non-hydrogen) atoms. The Morgan fingerprint density at radius 2 is 1.84 bits per heavy atom. The van der Waals surface area contributed by atoms with E-state index in [1.807, 2.05) is 68.6 Å². The highest BCUT2D eigenvalue weighted by molar-refractivity contribution is 6.23. The monoisotopic (exact) mass is 591 g/mol. The van der Waals surface area contributed by atoms with Crippen molar-refractivity contribution in [1.29, 1.82) is 0 Å². The fraction of sp³-hybridized carbons (Fsp3) is 0.294. The van der Waals surface area contributed by atoms with Crippen molar-refractivity contribution in [3.8, 4) is 22.8 Å². The minimum Gasteiger partial charge on any atom is -0.454 e. The molecule has 2 atom stereocenters. The smallest absolute Gasteiger partial charge is 0.263 e. The van der Waals surface area contributed by atoms with E-state index in [2.05, 4.69) is 15.1 Å². The number of carbonyl (C=O) groups excluding carboxylic acids is 3. The summed E-state index contributed by atoms with van der Waals surface area (Å²) in [6.45, 7) is 3.44. The number of hydrogen-bond acceptors (Lipinski definition) is 7. The van der Waals surface area contributed by atoms with Crippen molar-refractivity contribution >= 4 is 23.4 Å². The van der Waals surface area contributed by atoms with E-state index < -0.39 is 0 Å². The highest BCUT2D eigenvalue weighted by Crippen LogP contribution is 2.37. The third-order valence-electron chi connectivity index (χ3n) is 8.91. The minimum absolute atomic E-state index is 0.0393. The minimum atomic E-state index is -0.328. The van der Waals surface area contributed by atoms with Crippen LogP contribution < -0.4 is 14.4 Å². The molecule has 3 aliphatic heterocycles. The van der Waals surface area contributed by atoms with Gasteiger partial charge < -0.3 is 19.3 Å². The molecule has 0 spiro atoms. The highest BCUT2D eigenvalue weighted by Gasteiger charge is 2.40. The van der Waals surface area contributed by atoms with E-state index in [4.69, 9.17) is 9.47 Å². The first-order chi connectivity index (χ1) is 21.4. The van der Waals surface area contributed by atoms with Gasteiger partial charge in [0.2, 0.25) is 12.7 Å². The van der Waals surface area contributed by atoms with E-state index in [9.17, 15) is 14.4 Å². The number of carbonyl (C=O) groups is 3. The Morgan fingerprint density at radius 3 is 2.68 bits per heavy atom. The van der Waals surface area contributed by atoms with Crippen molar-refractivity contribution in [2.24, 2.45) is 5.92 Å². The lowest BCUT2D eigenvalue weighted by molar-refractivity contribution is -0.136. The summed E-state index contributed by atoms with van der Waals surface area (Å²) in [4.78, 5) is 46.0. The van der Waals surface area contributed by atoms with Crippen LogP contribution in [-0.4, -0.2) is 64.6 Å². The first kappa shape index (κ1) is 27.7. The number of H-pyrrole nitrogens is 1. The van der Waals surface area contributed by atoms with Crippen LogP contribution in [0.2, 0.25) is 0 Å². The molecular weight excluding hydrogens is 558 g/mol. The molecule has 4 aromatic rings. The maximum atomic E-state index is 13.8. The normalized spacial score (nSPS) is 18.0. The van der Waals surface area contributed by atoms with Crippen LogP contribution in [0.25, 0.3) is 11.3 Å². The van der Waals surface area contributed by atoms with Gasteiger partial charge >= 0.3 is 0 Å². The Morgan fingerprint density at radius 1 is 1.02 bits per heavy atom. The van der Waals surface area contributed by atoms with Gasteiger partial charge in [-0.15, -0.1) is 0 Å². The molecule has 1 fully saturated rings. The van der Waals surface area contributed by atoms with Gasteiger partial charge in [-0.25, -0.2) is 0 Å². The molecule has 4 heterocycles. The molecule has 7 rings (SSSR count). The molecule has 3 amide bonds. The Balaban J connectivity index is 1.06. The van der Waals surface area contributed by atoms with Gasteiger partial charge in [0.25, 0.3) is 11.8 Å². The van der Waals surface area contributed by atoms with E-state index in [0.29, 0.717) is 41.4 Å². The van der Waals surface area contributed by atoms with Crippen LogP contribution in [0, 0.1) is 5.92 Å². The molecule has 1 saturated heterocycles. The van der Waals surface area contributed by atoms with Crippen LogP contribution in [0.1, 0.15) is 57.8 Å². The number of benzene rings is 3. The van der Waals surface area contributed by atoms with Crippen LogP contribution in [0.5, 0.6) is 11.5 Å². The summed E-state index contributed by atoms with van der Waals surface area (Å²) >= 11 is 0. The number of amides is 3. The number of imide groups is 1. The number of anilines is 1. The van der Waals surface area contributed by atoms with E-state index in [1.165, 1.54) is 4.90 Å². The van der Waals surface area contributed by atoms with Crippen LogP contribution in [-0.2, 0) is 11.3 Å². The summed E-state index contributed by atoms with van der Waals surface area (Å²) in [6, 6.07) is 22.5. The largest absolute Gasteiger partial charge is 0.454 e. The molecule has 10 heteroatoms. The topological polar surface area (TPSA) is 108 Å². The van der Waals surface area contributed by atoms with E-state index in [-0.39, 0.29) is 43.0 Å².